The fraction of sp³-hybridized carbons (Fsp3) is 0.182. The van der Waals surface area contributed by atoms with Crippen LogP contribution in [0.2, 0.25) is 0 Å². The van der Waals surface area contributed by atoms with Gasteiger partial charge in [0, 0.05) is 5.69 Å². The smallest absolute Gasteiger partial charge is 0.341 e. The third-order valence-corrected chi connectivity index (χ3v) is 4.60. The number of fused-ring (bicyclic) bond motifs is 3. The number of para-hydroxylation sites is 2. The molecule has 0 bridgehead atoms. The average molecular weight is 375 g/mol. The van der Waals surface area contributed by atoms with Crippen molar-refractivity contribution in [3.8, 4) is 5.75 Å². The lowest BCUT2D eigenvalue weighted by atomic mass is 10.1. The normalized spacial score (nSPS) is 11.0. The van der Waals surface area contributed by atoms with E-state index in [0.29, 0.717) is 17.8 Å². The Morgan fingerprint density at radius 3 is 2.61 bits per heavy atom. The van der Waals surface area contributed by atoms with Crippen LogP contribution in [-0.4, -0.2) is 29.1 Å². The van der Waals surface area contributed by atoms with Gasteiger partial charge in [0.05, 0.1) is 24.8 Å². The Morgan fingerprint density at radius 1 is 1.14 bits per heavy atom. The number of ether oxygens (including phenoxy) is 2. The highest BCUT2D eigenvalue weighted by Gasteiger charge is 2.20. The topological polar surface area (TPSA) is 64.9 Å². The molecule has 6 heteroatoms. The molecule has 0 aliphatic carbocycles. The number of pyridine rings is 1. The largest absolute Gasteiger partial charge is 0.494 e. The Morgan fingerprint density at radius 2 is 1.89 bits per heavy atom. The van der Waals surface area contributed by atoms with Crippen LogP contribution in [0, 0.1) is 6.92 Å². The molecule has 2 aromatic carbocycles. The Hall–Kier alpha value is -3.54. The molecule has 2 heterocycles. The van der Waals surface area contributed by atoms with Gasteiger partial charge in [-0.3, -0.25) is 4.40 Å². The molecule has 6 nitrogen and oxygen atoms in total. The molecule has 0 radical (unpaired) electrons. The van der Waals surface area contributed by atoms with Crippen LogP contribution in [0.25, 0.3) is 16.7 Å². The zero-order valence-corrected chi connectivity index (χ0v) is 16.0. The molecule has 4 aromatic rings. The number of nitrogens with one attached hydrogen (secondary N) is 1. The van der Waals surface area contributed by atoms with E-state index in [4.69, 9.17) is 9.47 Å². The molecule has 0 saturated carbocycles. The van der Waals surface area contributed by atoms with Gasteiger partial charge in [-0.15, -0.1) is 0 Å². The molecule has 4 rings (SSSR count). The summed E-state index contributed by atoms with van der Waals surface area (Å²) in [7, 11) is 1.38. The van der Waals surface area contributed by atoms with Crippen molar-refractivity contribution in [3.05, 3.63) is 65.7 Å². The molecule has 0 spiro atoms. The molecule has 0 atom stereocenters. The van der Waals surface area contributed by atoms with Gasteiger partial charge in [0.2, 0.25) is 0 Å². The lowest BCUT2D eigenvalue weighted by molar-refractivity contribution is 0.0601. The summed E-state index contributed by atoms with van der Waals surface area (Å²) < 4.78 is 12.4. The molecule has 0 unspecified atom stereocenters. The lowest BCUT2D eigenvalue weighted by Gasteiger charge is -2.14. The molecule has 142 valence electrons. The molecule has 0 aliphatic rings. The third-order valence-electron chi connectivity index (χ3n) is 4.60. The van der Waals surface area contributed by atoms with Crippen LogP contribution in [0.4, 0.5) is 11.5 Å². The van der Waals surface area contributed by atoms with Gasteiger partial charge in [-0.2, -0.15) is 0 Å². The summed E-state index contributed by atoms with van der Waals surface area (Å²) in [5, 5.41) is 3.43. The minimum absolute atomic E-state index is 0.398. The summed E-state index contributed by atoms with van der Waals surface area (Å²) in [4.78, 5) is 17.1. The number of aromatic nitrogens is 2. The zero-order valence-electron chi connectivity index (χ0n) is 16.0. The maximum Gasteiger partial charge on any atom is 0.341 e. The highest BCUT2D eigenvalue weighted by atomic mass is 16.5. The van der Waals surface area contributed by atoms with Crippen molar-refractivity contribution < 1.29 is 14.3 Å². The summed E-state index contributed by atoms with van der Waals surface area (Å²) in [6.45, 7) is 4.47. The number of nitrogens with zero attached hydrogens (tertiary/aromatic N) is 2. The minimum Gasteiger partial charge on any atom is -0.494 e. The van der Waals surface area contributed by atoms with E-state index in [9.17, 15) is 4.79 Å². The predicted molar refractivity (Wildman–Crippen MR) is 110 cm³/mol. The number of carbonyl (C=O) groups is 1. The quantitative estimate of drug-likeness (QED) is 0.511. The van der Waals surface area contributed by atoms with Crippen LogP contribution in [0.3, 0.4) is 0 Å². The number of esters is 1. The van der Waals surface area contributed by atoms with E-state index in [-0.39, 0.29) is 0 Å². The summed E-state index contributed by atoms with van der Waals surface area (Å²) in [5.41, 5.74) is 4.47. The van der Waals surface area contributed by atoms with Crippen molar-refractivity contribution in [3.63, 3.8) is 0 Å². The van der Waals surface area contributed by atoms with Gasteiger partial charge in [0.15, 0.2) is 5.65 Å². The number of carbonyl (C=O) groups excluding carboxylic acids is 1. The van der Waals surface area contributed by atoms with Crippen LogP contribution >= 0.6 is 0 Å². The second-order valence-electron chi connectivity index (χ2n) is 6.42. The molecular weight excluding hydrogens is 354 g/mol. The van der Waals surface area contributed by atoms with Crippen molar-refractivity contribution in [1.82, 2.24) is 9.38 Å². The minimum atomic E-state index is -0.398. The number of imidazole rings is 1. The lowest BCUT2D eigenvalue weighted by Crippen LogP contribution is -2.09. The Bertz CT molecular complexity index is 1160. The van der Waals surface area contributed by atoms with Gasteiger partial charge in [-0.05, 0) is 61.9 Å². The number of rotatable bonds is 5. The molecule has 0 fully saturated rings. The number of aryl methyl sites for hydroxylation is 1. The number of methoxy groups -OCH3 is 1. The first kappa shape index (κ1) is 17.9. The summed E-state index contributed by atoms with van der Waals surface area (Å²) >= 11 is 0. The average Bonchev–Trinajstić information content (AvgIpc) is 3.08. The van der Waals surface area contributed by atoms with E-state index < -0.39 is 5.97 Å². The highest BCUT2D eigenvalue weighted by Crippen LogP contribution is 2.29. The van der Waals surface area contributed by atoms with Gasteiger partial charge < -0.3 is 14.8 Å². The molecule has 0 saturated heterocycles. The molecule has 0 aliphatic heterocycles. The van der Waals surface area contributed by atoms with Crippen LogP contribution in [0.15, 0.2) is 54.6 Å². The van der Waals surface area contributed by atoms with Gasteiger partial charge in [-0.25, -0.2) is 9.78 Å². The summed E-state index contributed by atoms with van der Waals surface area (Å²) in [6.07, 6.45) is 0. The first-order chi connectivity index (χ1) is 13.6. The number of hydrogen-bond acceptors (Lipinski definition) is 5. The first-order valence-corrected chi connectivity index (χ1v) is 9.11. The van der Waals surface area contributed by atoms with E-state index in [1.54, 1.807) is 0 Å². The van der Waals surface area contributed by atoms with E-state index in [1.165, 1.54) is 7.11 Å². The van der Waals surface area contributed by atoms with Crippen molar-refractivity contribution >= 4 is 34.2 Å². The van der Waals surface area contributed by atoms with Crippen molar-refractivity contribution in [2.24, 2.45) is 0 Å². The highest BCUT2D eigenvalue weighted by molar-refractivity contribution is 6.00. The second-order valence-corrected chi connectivity index (χ2v) is 6.42. The summed E-state index contributed by atoms with van der Waals surface area (Å²) in [6, 6.07) is 17.5. The predicted octanol–water partition coefficient (Wildman–Crippen LogP) is 4.72. The third kappa shape index (κ3) is 3.03. The van der Waals surface area contributed by atoms with Gasteiger partial charge in [-0.1, -0.05) is 12.1 Å². The maximum atomic E-state index is 12.4. The zero-order chi connectivity index (χ0) is 19.7. The van der Waals surface area contributed by atoms with Gasteiger partial charge in [0.1, 0.15) is 17.1 Å². The number of benzene rings is 2. The Balaban J connectivity index is 1.89. The van der Waals surface area contributed by atoms with Crippen molar-refractivity contribution in [1.29, 1.82) is 0 Å². The molecular formula is C22H21N3O3. The molecule has 0 amide bonds. The van der Waals surface area contributed by atoms with Gasteiger partial charge in [0.25, 0.3) is 0 Å². The maximum absolute atomic E-state index is 12.4. The van der Waals surface area contributed by atoms with Crippen LogP contribution in [0.1, 0.15) is 22.8 Å². The van der Waals surface area contributed by atoms with Crippen molar-refractivity contribution in [2.75, 3.05) is 19.0 Å². The number of hydrogen-bond donors (Lipinski definition) is 1. The number of anilines is 2. The van der Waals surface area contributed by atoms with E-state index in [1.807, 2.05) is 72.8 Å². The van der Waals surface area contributed by atoms with E-state index in [2.05, 4.69) is 10.3 Å². The van der Waals surface area contributed by atoms with Crippen LogP contribution in [-0.2, 0) is 4.74 Å². The fourth-order valence-corrected chi connectivity index (χ4v) is 3.35. The van der Waals surface area contributed by atoms with Gasteiger partial charge >= 0.3 is 5.97 Å². The Kier molecular flexibility index (Phi) is 4.61. The second kappa shape index (κ2) is 7.23. The summed E-state index contributed by atoms with van der Waals surface area (Å²) in [5.74, 6) is 1.24. The van der Waals surface area contributed by atoms with Crippen LogP contribution < -0.4 is 10.1 Å². The SMILES string of the molecule is CCOc1ccc(Nc2cc(C)c(C(=O)OC)c3nc4ccccc4n23)cc1. The Labute approximate surface area is 162 Å². The standard InChI is InChI=1S/C22H21N3O3/c1-4-28-16-11-9-15(10-12-16)23-19-13-14(2)20(22(26)27-3)21-24-17-7-5-6-8-18(17)25(19)21/h5-13,23H,4H2,1-3H3. The molecule has 1 N–H and O–H groups in total. The molecule has 28 heavy (non-hydrogen) atoms. The monoisotopic (exact) mass is 375 g/mol. The van der Waals surface area contributed by atoms with Crippen LogP contribution in [0.5, 0.6) is 5.75 Å². The van der Waals surface area contributed by atoms with Crippen molar-refractivity contribution in [2.45, 2.75) is 13.8 Å². The van der Waals surface area contributed by atoms with E-state index in [0.717, 1.165) is 33.9 Å². The fourth-order valence-electron chi connectivity index (χ4n) is 3.35. The van der Waals surface area contributed by atoms with E-state index >= 15 is 0 Å². The first-order valence-electron chi connectivity index (χ1n) is 9.11. The molecule has 2 aromatic heterocycles.